The monoisotopic (exact) mass is 156 g/mol. The average molecular weight is 156 g/mol. The van der Waals surface area contributed by atoms with Crippen molar-refractivity contribution in [1.29, 1.82) is 0 Å². The number of rotatable bonds is 1. The van der Waals surface area contributed by atoms with Crippen molar-refractivity contribution in [3.63, 3.8) is 0 Å². The molecule has 3 heterocycles. The van der Waals surface area contributed by atoms with Crippen molar-refractivity contribution in [2.45, 2.75) is 26.8 Å². The third-order valence-electron chi connectivity index (χ3n) is 2.56. The maximum Gasteiger partial charge on any atom is 0.0350 e. The molecule has 2 heteroatoms. The predicted octanol–water partition coefficient (Wildman–Crippen LogP) is 1.03. The minimum atomic E-state index is 0.920. The highest BCUT2D eigenvalue weighted by molar-refractivity contribution is 4.92. The second kappa shape index (κ2) is 4.07. The number of hydrogen-bond donors (Lipinski definition) is 0. The first kappa shape index (κ1) is 9.01. The van der Waals surface area contributed by atoms with Gasteiger partial charge in [0.2, 0.25) is 0 Å². The van der Waals surface area contributed by atoms with Crippen molar-refractivity contribution in [1.82, 2.24) is 9.80 Å². The molecule has 0 saturated carbocycles. The molecule has 0 aromatic heterocycles. The van der Waals surface area contributed by atoms with E-state index in [1.807, 2.05) is 13.8 Å². The lowest BCUT2D eigenvalue weighted by molar-refractivity contribution is -0.0217. The molecule has 3 fully saturated rings. The molecule has 11 heavy (non-hydrogen) atoms. The Morgan fingerprint density at radius 3 is 2.09 bits per heavy atom. The molecule has 0 unspecified atom stereocenters. The van der Waals surface area contributed by atoms with Crippen LogP contribution in [0.15, 0.2) is 0 Å². The molecule has 0 aliphatic carbocycles. The van der Waals surface area contributed by atoms with Gasteiger partial charge in [0.1, 0.15) is 0 Å². The normalized spacial score (nSPS) is 35.2. The third-order valence-corrected chi connectivity index (χ3v) is 2.56. The topological polar surface area (TPSA) is 6.48 Å². The summed E-state index contributed by atoms with van der Waals surface area (Å²) in [6.07, 6.45) is 0. The first-order valence-corrected chi connectivity index (χ1v) is 4.86. The lowest BCUT2D eigenvalue weighted by Gasteiger charge is -2.51. The zero-order chi connectivity index (χ0) is 8.27. The van der Waals surface area contributed by atoms with Crippen molar-refractivity contribution in [2.75, 3.05) is 32.7 Å². The van der Waals surface area contributed by atoms with Gasteiger partial charge in [-0.1, -0.05) is 20.8 Å². The van der Waals surface area contributed by atoms with Crippen LogP contribution in [0, 0.1) is 0 Å². The summed E-state index contributed by atoms with van der Waals surface area (Å²) in [4.78, 5) is 5.11. The number of fused-ring (bicyclic) bond motifs is 2. The van der Waals surface area contributed by atoms with E-state index in [1.165, 1.54) is 32.7 Å². The maximum absolute atomic E-state index is 2.58. The van der Waals surface area contributed by atoms with Crippen LogP contribution in [0.25, 0.3) is 0 Å². The first-order chi connectivity index (χ1) is 5.40. The van der Waals surface area contributed by atoms with Crippen molar-refractivity contribution < 1.29 is 0 Å². The van der Waals surface area contributed by atoms with E-state index in [9.17, 15) is 0 Å². The molecular weight excluding hydrogens is 136 g/mol. The Kier molecular flexibility index (Phi) is 3.34. The molecule has 3 aliphatic heterocycles. The molecule has 3 rings (SSSR count). The van der Waals surface area contributed by atoms with Gasteiger partial charge in [-0.3, -0.25) is 9.80 Å². The van der Waals surface area contributed by atoms with Gasteiger partial charge >= 0.3 is 0 Å². The van der Waals surface area contributed by atoms with E-state index in [2.05, 4.69) is 16.7 Å². The second-order valence-electron chi connectivity index (χ2n) is 3.04. The van der Waals surface area contributed by atoms with Crippen molar-refractivity contribution in [3.05, 3.63) is 0 Å². The Morgan fingerprint density at radius 1 is 1.18 bits per heavy atom. The van der Waals surface area contributed by atoms with Gasteiger partial charge in [-0.05, 0) is 6.54 Å². The Balaban J connectivity index is 0.000000281. The molecule has 0 amide bonds. The van der Waals surface area contributed by atoms with Crippen LogP contribution in [0.2, 0.25) is 0 Å². The Labute approximate surface area is 70.2 Å². The highest BCUT2D eigenvalue weighted by atomic mass is 15.4. The third kappa shape index (κ3) is 1.74. The molecule has 2 nitrogen and oxygen atoms in total. The molecule has 0 radical (unpaired) electrons. The van der Waals surface area contributed by atoms with Crippen LogP contribution in [0.3, 0.4) is 0 Å². The molecule has 0 atom stereocenters. The van der Waals surface area contributed by atoms with Crippen LogP contribution in [0.5, 0.6) is 0 Å². The van der Waals surface area contributed by atoms with E-state index in [-0.39, 0.29) is 0 Å². The van der Waals surface area contributed by atoms with Crippen LogP contribution in [0.1, 0.15) is 20.8 Å². The van der Waals surface area contributed by atoms with E-state index in [0.717, 1.165) is 6.04 Å². The molecule has 0 spiro atoms. The largest absolute Gasteiger partial charge is 0.299 e. The summed E-state index contributed by atoms with van der Waals surface area (Å²) < 4.78 is 0. The summed E-state index contributed by atoms with van der Waals surface area (Å²) in [6.45, 7) is 12.8. The van der Waals surface area contributed by atoms with Gasteiger partial charge in [-0.2, -0.15) is 0 Å². The van der Waals surface area contributed by atoms with Gasteiger partial charge in [0.05, 0.1) is 0 Å². The smallest absolute Gasteiger partial charge is 0.0350 e. The van der Waals surface area contributed by atoms with Gasteiger partial charge in [-0.15, -0.1) is 0 Å². The molecular formula is C9H20N2. The van der Waals surface area contributed by atoms with Crippen molar-refractivity contribution in [2.24, 2.45) is 0 Å². The summed E-state index contributed by atoms with van der Waals surface area (Å²) in [7, 11) is 0. The fourth-order valence-electron chi connectivity index (χ4n) is 1.82. The van der Waals surface area contributed by atoms with E-state index in [1.54, 1.807) is 0 Å². The molecule has 2 bridgehead atoms. The lowest BCUT2D eigenvalue weighted by atomic mass is 10.0. The maximum atomic E-state index is 2.58. The lowest BCUT2D eigenvalue weighted by Crippen LogP contribution is -2.66. The molecule has 0 aromatic carbocycles. The number of likely N-dealkylation sites (N-methyl/N-ethyl adjacent to an activating group) is 1. The Hall–Kier alpha value is -0.0800. The minimum absolute atomic E-state index is 0.920. The van der Waals surface area contributed by atoms with E-state index in [0.29, 0.717) is 0 Å². The molecule has 66 valence electrons. The first-order valence-electron chi connectivity index (χ1n) is 4.86. The van der Waals surface area contributed by atoms with Crippen LogP contribution in [-0.2, 0) is 0 Å². The SMILES string of the molecule is CC.CCN1CCN2CC1C2. The molecule has 3 saturated heterocycles. The van der Waals surface area contributed by atoms with Crippen LogP contribution >= 0.6 is 0 Å². The Bertz CT molecular complexity index is 105. The van der Waals surface area contributed by atoms with Crippen molar-refractivity contribution >= 4 is 0 Å². The number of piperazine rings is 2. The van der Waals surface area contributed by atoms with Gasteiger partial charge in [0.15, 0.2) is 0 Å². The van der Waals surface area contributed by atoms with Gasteiger partial charge in [-0.25, -0.2) is 0 Å². The standard InChI is InChI=1S/C7H14N2.C2H6/c1-2-9-4-3-8-5-7(9)6-8;1-2/h7H,2-6H2,1H3;1-2H3. The molecule has 0 aromatic rings. The van der Waals surface area contributed by atoms with Gasteiger partial charge in [0.25, 0.3) is 0 Å². The van der Waals surface area contributed by atoms with Crippen LogP contribution in [0.4, 0.5) is 0 Å². The van der Waals surface area contributed by atoms with E-state index >= 15 is 0 Å². The highest BCUT2D eigenvalue weighted by Crippen LogP contribution is 2.19. The quantitative estimate of drug-likeness (QED) is 0.559. The van der Waals surface area contributed by atoms with Crippen molar-refractivity contribution in [3.8, 4) is 0 Å². The average Bonchev–Trinajstić information content (AvgIpc) is 2.07. The second-order valence-corrected chi connectivity index (χ2v) is 3.04. The van der Waals surface area contributed by atoms with Crippen LogP contribution in [-0.4, -0.2) is 48.6 Å². The van der Waals surface area contributed by atoms with E-state index in [4.69, 9.17) is 0 Å². The summed E-state index contributed by atoms with van der Waals surface area (Å²) in [5.74, 6) is 0. The fourth-order valence-corrected chi connectivity index (χ4v) is 1.82. The molecule has 0 N–H and O–H groups in total. The molecule has 3 aliphatic rings. The zero-order valence-electron chi connectivity index (χ0n) is 8.01. The minimum Gasteiger partial charge on any atom is -0.299 e. The van der Waals surface area contributed by atoms with Crippen LogP contribution < -0.4 is 0 Å². The Morgan fingerprint density at radius 2 is 1.82 bits per heavy atom. The number of nitrogens with zero attached hydrogens (tertiary/aromatic N) is 2. The number of hydrogen-bond acceptors (Lipinski definition) is 2. The summed E-state index contributed by atoms with van der Waals surface area (Å²) in [5, 5.41) is 0. The summed E-state index contributed by atoms with van der Waals surface area (Å²) in [5.41, 5.74) is 0. The fraction of sp³-hybridized carbons (Fsp3) is 1.00. The summed E-state index contributed by atoms with van der Waals surface area (Å²) in [6, 6.07) is 0.920. The predicted molar refractivity (Wildman–Crippen MR) is 48.8 cm³/mol. The summed E-state index contributed by atoms with van der Waals surface area (Å²) >= 11 is 0. The van der Waals surface area contributed by atoms with Gasteiger partial charge < -0.3 is 0 Å². The van der Waals surface area contributed by atoms with E-state index < -0.39 is 0 Å². The van der Waals surface area contributed by atoms with Gasteiger partial charge in [0, 0.05) is 32.2 Å². The highest BCUT2D eigenvalue weighted by Gasteiger charge is 2.35. The zero-order valence-corrected chi connectivity index (χ0v) is 8.01.